The van der Waals surface area contributed by atoms with Gasteiger partial charge in [-0.25, -0.2) is 0 Å². The second kappa shape index (κ2) is 12.0. The van der Waals surface area contributed by atoms with Gasteiger partial charge in [0, 0.05) is 13.1 Å². The Morgan fingerprint density at radius 2 is 1.58 bits per heavy atom. The highest BCUT2D eigenvalue weighted by Crippen LogP contribution is 2.20. The first-order valence-electron chi connectivity index (χ1n) is 10.8. The Morgan fingerprint density at radius 3 is 2.10 bits per heavy atom. The van der Waals surface area contributed by atoms with Crippen LogP contribution in [0.25, 0.3) is 0 Å². The third-order valence-electron chi connectivity index (χ3n) is 5.16. The summed E-state index contributed by atoms with van der Waals surface area (Å²) in [5.41, 5.74) is 2.13. The Kier molecular flexibility index (Phi) is 9.38. The van der Waals surface area contributed by atoms with Crippen LogP contribution in [-0.4, -0.2) is 43.0 Å². The van der Waals surface area contributed by atoms with E-state index in [0.717, 1.165) is 11.3 Å². The molecule has 6 nitrogen and oxygen atoms in total. The van der Waals surface area contributed by atoms with Crippen molar-refractivity contribution in [3.8, 4) is 11.5 Å². The lowest BCUT2D eigenvalue weighted by atomic mass is 10.0. The number of hydrogen-bond donors (Lipinski definition) is 1. The van der Waals surface area contributed by atoms with Crippen LogP contribution in [0.2, 0.25) is 0 Å². The van der Waals surface area contributed by atoms with Gasteiger partial charge in [-0.15, -0.1) is 0 Å². The van der Waals surface area contributed by atoms with Crippen LogP contribution >= 0.6 is 0 Å². The summed E-state index contributed by atoms with van der Waals surface area (Å²) >= 11 is 0. The van der Waals surface area contributed by atoms with Crippen LogP contribution in [-0.2, 0) is 16.1 Å². The number of nitrogens with one attached hydrogen (secondary N) is 1. The van der Waals surface area contributed by atoms with E-state index < -0.39 is 6.04 Å². The standard InChI is InChI=1S/C25H34N2O4/c1-6-23(25(29)26-7-2)27(16-19-8-12-21(30-5)13-9-19)24(28)17-31-22-14-10-20(11-15-22)18(3)4/h8-15,18,23H,6-7,16-17H2,1-5H3,(H,26,29)/t23-/m1/s1. The number of ether oxygens (including phenoxy) is 2. The molecule has 2 rings (SSSR count). The molecule has 0 spiro atoms. The molecule has 0 aliphatic heterocycles. The van der Waals surface area contributed by atoms with Crippen LogP contribution in [0.1, 0.15) is 51.2 Å². The summed E-state index contributed by atoms with van der Waals surface area (Å²) < 4.78 is 11.0. The Labute approximate surface area is 185 Å². The number of carbonyl (C=O) groups is 2. The summed E-state index contributed by atoms with van der Waals surface area (Å²) in [6.07, 6.45) is 0.511. The molecule has 0 saturated carbocycles. The molecule has 2 amide bonds. The summed E-state index contributed by atoms with van der Waals surface area (Å²) in [5.74, 6) is 1.41. The molecule has 0 aliphatic carbocycles. The number of carbonyl (C=O) groups excluding carboxylic acids is 2. The highest BCUT2D eigenvalue weighted by atomic mass is 16.5. The number of likely N-dealkylation sites (N-methyl/N-ethyl adjacent to an activating group) is 1. The quantitative estimate of drug-likeness (QED) is 0.586. The summed E-state index contributed by atoms with van der Waals surface area (Å²) in [6, 6.07) is 14.7. The van der Waals surface area contributed by atoms with E-state index in [1.807, 2.05) is 62.4 Å². The molecule has 0 fully saturated rings. The van der Waals surface area contributed by atoms with Crippen molar-refractivity contribution in [2.75, 3.05) is 20.3 Å². The lowest BCUT2D eigenvalue weighted by Crippen LogP contribution is -2.50. The van der Waals surface area contributed by atoms with Gasteiger partial charge in [0.1, 0.15) is 17.5 Å². The molecular formula is C25H34N2O4. The monoisotopic (exact) mass is 426 g/mol. The topological polar surface area (TPSA) is 67.9 Å². The summed E-state index contributed by atoms with van der Waals surface area (Å²) in [6.45, 7) is 8.72. The van der Waals surface area contributed by atoms with Crippen LogP contribution in [0, 0.1) is 0 Å². The fourth-order valence-corrected chi connectivity index (χ4v) is 3.32. The van der Waals surface area contributed by atoms with Gasteiger partial charge in [-0.2, -0.15) is 0 Å². The SMILES string of the molecule is CCNC(=O)[C@@H](CC)N(Cc1ccc(OC)cc1)C(=O)COc1ccc(C(C)C)cc1. The first-order valence-corrected chi connectivity index (χ1v) is 10.8. The van der Waals surface area contributed by atoms with E-state index in [4.69, 9.17) is 9.47 Å². The van der Waals surface area contributed by atoms with Crippen molar-refractivity contribution in [3.63, 3.8) is 0 Å². The van der Waals surface area contributed by atoms with Gasteiger partial charge in [0.15, 0.2) is 6.61 Å². The van der Waals surface area contributed by atoms with Crippen molar-refractivity contribution in [2.24, 2.45) is 0 Å². The molecule has 0 bridgehead atoms. The van der Waals surface area contributed by atoms with Crippen LogP contribution in [0.15, 0.2) is 48.5 Å². The second-order valence-corrected chi connectivity index (χ2v) is 7.70. The molecule has 0 unspecified atom stereocenters. The average Bonchev–Trinajstić information content (AvgIpc) is 2.78. The van der Waals surface area contributed by atoms with E-state index >= 15 is 0 Å². The molecule has 168 valence electrons. The first-order chi connectivity index (χ1) is 14.9. The van der Waals surface area contributed by atoms with E-state index in [2.05, 4.69) is 19.2 Å². The summed E-state index contributed by atoms with van der Waals surface area (Å²) in [7, 11) is 1.61. The zero-order chi connectivity index (χ0) is 22.8. The minimum Gasteiger partial charge on any atom is -0.497 e. The van der Waals surface area contributed by atoms with E-state index in [1.165, 1.54) is 5.56 Å². The summed E-state index contributed by atoms with van der Waals surface area (Å²) in [4.78, 5) is 27.3. The number of amides is 2. The third kappa shape index (κ3) is 7.02. The molecule has 0 radical (unpaired) electrons. The Hall–Kier alpha value is -3.02. The maximum Gasteiger partial charge on any atom is 0.261 e. The maximum absolute atomic E-state index is 13.1. The Morgan fingerprint density at radius 1 is 0.968 bits per heavy atom. The lowest BCUT2D eigenvalue weighted by Gasteiger charge is -2.30. The largest absolute Gasteiger partial charge is 0.497 e. The number of methoxy groups -OCH3 is 1. The van der Waals surface area contributed by atoms with Crippen LogP contribution in [0.4, 0.5) is 0 Å². The zero-order valence-corrected chi connectivity index (χ0v) is 19.2. The number of hydrogen-bond acceptors (Lipinski definition) is 4. The molecule has 0 aromatic heterocycles. The first kappa shape index (κ1) is 24.3. The van der Waals surface area contributed by atoms with Gasteiger partial charge in [-0.05, 0) is 54.7 Å². The third-order valence-corrected chi connectivity index (χ3v) is 5.16. The van der Waals surface area contributed by atoms with E-state index in [1.54, 1.807) is 12.0 Å². The molecule has 0 saturated heterocycles. The molecule has 1 atom stereocenters. The van der Waals surface area contributed by atoms with Crippen molar-refractivity contribution >= 4 is 11.8 Å². The Bertz CT molecular complexity index is 832. The number of benzene rings is 2. The Balaban J connectivity index is 2.16. The highest BCUT2D eigenvalue weighted by molar-refractivity contribution is 5.88. The normalized spacial score (nSPS) is 11.7. The molecule has 6 heteroatoms. The van der Waals surface area contributed by atoms with Gasteiger partial charge in [0.05, 0.1) is 7.11 Å². The van der Waals surface area contributed by atoms with Crippen LogP contribution in [0.3, 0.4) is 0 Å². The van der Waals surface area contributed by atoms with Crippen molar-refractivity contribution in [1.82, 2.24) is 10.2 Å². The fraction of sp³-hybridized carbons (Fsp3) is 0.440. The average molecular weight is 427 g/mol. The van der Waals surface area contributed by atoms with Crippen molar-refractivity contribution in [1.29, 1.82) is 0 Å². The van der Waals surface area contributed by atoms with Gasteiger partial charge < -0.3 is 19.7 Å². The molecular weight excluding hydrogens is 392 g/mol. The molecule has 0 aliphatic rings. The molecule has 2 aromatic rings. The predicted molar refractivity (Wildman–Crippen MR) is 122 cm³/mol. The molecule has 2 aromatic carbocycles. The van der Waals surface area contributed by atoms with Gasteiger partial charge >= 0.3 is 0 Å². The zero-order valence-electron chi connectivity index (χ0n) is 19.2. The second-order valence-electron chi connectivity index (χ2n) is 7.70. The molecule has 31 heavy (non-hydrogen) atoms. The minimum atomic E-state index is -0.568. The van der Waals surface area contributed by atoms with Crippen molar-refractivity contribution < 1.29 is 19.1 Å². The minimum absolute atomic E-state index is 0.132. The molecule has 1 N–H and O–H groups in total. The summed E-state index contributed by atoms with van der Waals surface area (Å²) in [5, 5.41) is 2.83. The lowest BCUT2D eigenvalue weighted by molar-refractivity contribution is -0.142. The fourth-order valence-electron chi connectivity index (χ4n) is 3.32. The van der Waals surface area contributed by atoms with Crippen molar-refractivity contribution in [3.05, 3.63) is 59.7 Å². The van der Waals surface area contributed by atoms with E-state index in [0.29, 0.717) is 31.2 Å². The number of nitrogens with zero attached hydrogens (tertiary/aromatic N) is 1. The smallest absolute Gasteiger partial charge is 0.261 e. The van der Waals surface area contributed by atoms with Crippen molar-refractivity contribution in [2.45, 2.75) is 52.6 Å². The van der Waals surface area contributed by atoms with Gasteiger partial charge in [0.25, 0.3) is 5.91 Å². The predicted octanol–water partition coefficient (Wildman–Crippen LogP) is 4.14. The van der Waals surface area contributed by atoms with Gasteiger partial charge in [-0.3, -0.25) is 9.59 Å². The maximum atomic E-state index is 13.1. The highest BCUT2D eigenvalue weighted by Gasteiger charge is 2.28. The van der Waals surface area contributed by atoms with Gasteiger partial charge in [-0.1, -0.05) is 45.0 Å². The molecule has 0 heterocycles. The van der Waals surface area contributed by atoms with E-state index in [-0.39, 0.29) is 18.4 Å². The van der Waals surface area contributed by atoms with Gasteiger partial charge in [0.2, 0.25) is 5.91 Å². The van der Waals surface area contributed by atoms with Crippen LogP contribution < -0.4 is 14.8 Å². The number of rotatable bonds is 11. The van der Waals surface area contributed by atoms with Crippen LogP contribution in [0.5, 0.6) is 11.5 Å². The van der Waals surface area contributed by atoms with E-state index in [9.17, 15) is 9.59 Å².